The van der Waals surface area contributed by atoms with Gasteiger partial charge in [-0.2, -0.15) is 0 Å². The van der Waals surface area contributed by atoms with E-state index in [9.17, 15) is 15.0 Å². The lowest BCUT2D eigenvalue weighted by molar-refractivity contribution is -0.133. The highest BCUT2D eigenvalue weighted by atomic mass is 16.5. The normalized spacial score (nSPS) is 16.4. The van der Waals surface area contributed by atoms with Gasteiger partial charge in [-0.15, -0.1) is 0 Å². The van der Waals surface area contributed by atoms with Crippen LogP contribution in [0.15, 0.2) is 84.9 Å². The van der Waals surface area contributed by atoms with Crippen LogP contribution in [0.4, 0.5) is 11.6 Å². The van der Waals surface area contributed by atoms with Gasteiger partial charge in [0.15, 0.2) is 11.6 Å². The first-order valence-corrected chi connectivity index (χ1v) is 20.0. The molecule has 57 heavy (non-hydrogen) atoms. The molecule has 0 unspecified atom stereocenters. The van der Waals surface area contributed by atoms with Crippen LogP contribution in [-0.2, 0) is 9.53 Å². The van der Waals surface area contributed by atoms with Crippen molar-refractivity contribution in [3.63, 3.8) is 0 Å². The summed E-state index contributed by atoms with van der Waals surface area (Å²) in [6.45, 7) is 12.2. The molecule has 3 aliphatic rings. The predicted octanol–water partition coefficient (Wildman–Crippen LogP) is 6.50. The summed E-state index contributed by atoms with van der Waals surface area (Å²) in [6, 6.07) is 26.8. The van der Waals surface area contributed by atoms with Crippen molar-refractivity contribution < 1.29 is 19.7 Å². The number of amides is 1. The van der Waals surface area contributed by atoms with Crippen molar-refractivity contribution >= 4 is 39.3 Å². The molecule has 294 valence electrons. The molecule has 12 nitrogen and oxygen atoms in total. The number of hydrogen-bond donors (Lipinski definition) is 3. The second-order valence-electron chi connectivity index (χ2n) is 15.2. The van der Waals surface area contributed by atoms with E-state index >= 15 is 0 Å². The number of anilines is 2. The van der Waals surface area contributed by atoms with Crippen LogP contribution in [0.5, 0.6) is 11.5 Å². The molecule has 2 aromatic heterocycles. The number of nitrogens with one attached hydrogen (secondary N) is 1. The van der Waals surface area contributed by atoms with Gasteiger partial charge in [-0.1, -0.05) is 36.4 Å². The quantitative estimate of drug-likeness (QED) is 0.171. The molecule has 9 rings (SSSR count). The molecule has 3 fully saturated rings. The number of benzene rings is 4. The van der Waals surface area contributed by atoms with Gasteiger partial charge in [-0.05, 0) is 92.3 Å². The van der Waals surface area contributed by atoms with Gasteiger partial charge in [-0.3, -0.25) is 4.79 Å². The van der Waals surface area contributed by atoms with Crippen LogP contribution in [-0.4, -0.2) is 107 Å². The number of fused-ring (bicyclic) bond motifs is 2. The highest BCUT2D eigenvalue weighted by molar-refractivity contribution is 5.93. The van der Waals surface area contributed by atoms with E-state index in [0.29, 0.717) is 48.2 Å². The maximum absolute atomic E-state index is 12.8. The predicted molar refractivity (Wildman–Crippen MR) is 225 cm³/mol. The third-order valence-corrected chi connectivity index (χ3v) is 11.1. The van der Waals surface area contributed by atoms with Crippen molar-refractivity contribution in [1.29, 1.82) is 0 Å². The van der Waals surface area contributed by atoms with Crippen LogP contribution in [0.25, 0.3) is 44.6 Å². The summed E-state index contributed by atoms with van der Waals surface area (Å²) in [5.41, 5.74) is 5.34. The lowest BCUT2D eigenvalue weighted by Gasteiger charge is -2.36. The van der Waals surface area contributed by atoms with Crippen LogP contribution in [0.2, 0.25) is 0 Å². The van der Waals surface area contributed by atoms with Gasteiger partial charge in [0.2, 0.25) is 5.91 Å². The highest BCUT2D eigenvalue weighted by Gasteiger charge is 2.27. The van der Waals surface area contributed by atoms with Crippen molar-refractivity contribution in [3.05, 3.63) is 96.1 Å². The summed E-state index contributed by atoms with van der Waals surface area (Å²) < 4.78 is 5.42. The van der Waals surface area contributed by atoms with E-state index < -0.39 is 0 Å². The number of nitrogens with zero attached hydrogens (tertiary/aromatic N) is 7. The molecular formula is C45H50N8O4. The Morgan fingerprint density at radius 3 is 1.67 bits per heavy atom. The number of carbonyl (C=O) groups excluding carboxylic acids is 1. The minimum atomic E-state index is 0.166. The van der Waals surface area contributed by atoms with Crippen molar-refractivity contribution in [2.24, 2.45) is 5.92 Å². The Bertz CT molecular complexity index is 2370. The standard InChI is InChI=1S/C26H30N4O3.C19H20N4O/c1-18-6-7-20-22(16-18)27-25(21-4-2-3-5-23(21)31)28-26(20)30-12-10-29(11-13-30)24(32)17-19-8-14-33-15-9-19;1-13-6-7-14-16(12-13)21-18(15-4-2-3-5-17(15)24)22-19(14)23-10-8-20-9-11-23/h2-7,16,19,31H,8-15,17H2,1H3;2-7,12,20,24H,8-11H2,1H3. The minimum Gasteiger partial charge on any atom is -0.507 e. The highest BCUT2D eigenvalue weighted by Crippen LogP contribution is 2.34. The number of rotatable bonds is 6. The number of piperazine rings is 2. The molecule has 4 aromatic carbocycles. The fraction of sp³-hybridized carbons (Fsp3) is 0.356. The van der Waals surface area contributed by atoms with Gasteiger partial charge in [0.25, 0.3) is 0 Å². The zero-order chi connectivity index (χ0) is 39.3. The zero-order valence-corrected chi connectivity index (χ0v) is 32.7. The zero-order valence-electron chi connectivity index (χ0n) is 32.7. The molecule has 3 saturated heterocycles. The van der Waals surface area contributed by atoms with Crippen molar-refractivity contribution in [3.8, 4) is 34.3 Å². The maximum atomic E-state index is 12.8. The van der Waals surface area contributed by atoms with Gasteiger partial charge < -0.3 is 35.0 Å². The minimum absolute atomic E-state index is 0.166. The number of para-hydroxylation sites is 2. The van der Waals surface area contributed by atoms with E-state index in [1.54, 1.807) is 24.3 Å². The van der Waals surface area contributed by atoms with Crippen LogP contribution in [0, 0.1) is 19.8 Å². The van der Waals surface area contributed by atoms with E-state index in [1.807, 2.05) is 36.1 Å². The average molecular weight is 767 g/mol. The average Bonchev–Trinajstić information content (AvgIpc) is 3.24. The molecule has 0 aliphatic carbocycles. The van der Waals surface area contributed by atoms with Crippen LogP contribution < -0.4 is 15.1 Å². The van der Waals surface area contributed by atoms with E-state index in [-0.39, 0.29) is 17.4 Å². The van der Waals surface area contributed by atoms with Gasteiger partial charge in [0.1, 0.15) is 23.1 Å². The van der Waals surface area contributed by atoms with Gasteiger partial charge in [0, 0.05) is 82.8 Å². The molecule has 3 aliphatic heterocycles. The van der Waals surface area contributed by atoms with E-state index in [0.717, 1.165) is 110 Å². The number of aromatic hydroxyl groups is 2. The van der Waals surface area contributed by atoms with Gasteiger partial charge in [-0.25, -0.2) is 19.9 Å². The Kier molecular flexibility index (Phi) is 11.4. The number of hydrogen-bond acceptors (Lipinski definition) is 11. The summed E-state index contributed by atoms with van der Waals surface area (Å²) in [6.07, 6.45) is 2.58. The Balaban J connectivity index is 0.000000168. The molecule has 0 radical (unpaired) electrons. The van der Waals surface area contributed by atoms with E-state index in [4.69, 9.17) is 24.7 Å². The number of phenols is 2. The first kappa shape index (κ1) is 38.0. The van der Waals surface area contributed by atoms with Crippen LogP contribution in [0.1, 0.15) is 30.4 Å². The van der Waals surface area contributed by atoms with E-state index in [2.05, 4.69) is 58.4 Å². The first-order valence-electron chi connectivity index (χ1n) is 20.0. The first-order chi connectivity index (χ1) is 27.8. The lowest BCUT2D eigenvalue weighted by Crippen LogP contribution is -2.49. The van der Waals surface area contributed by atoms with Crippen molar-refractivity contribution in [2.45, 2.75) is 33.1 Å². The fourth-order valence-electron chi connectivity index (χ4n) is 7.87. The number of phenolic OH excluding ortho intramolecular Hbond substituents is 2. The van der Waals surface area contributed by atoms with Crippen LogP contribution >= 0.6 is 0 Å². The fourth-order valence-corrected chi connectivity index (χ4v) is 7.87. The Labute approximate surface area is 333 Å². The Morgan fingerprint density at radius 2 is 1.16 bits per heavy atom. The summed E-state index contributed by atoms with van der Waals surface area (Å²) in [5.74, 6) is 3.95. The van der Waals surface area contributed by atoms with E-state index in [1.165, 1.54) is 0 Å². The van der Waals surface area contributed by atoms with Crippen LogP contribution in [0.3, 0.4) is 0 Å². The smallest absolute Gasteiger partial charge is 0.222 e. The molecule has 12 heteroatoms. The van der Waals surface area contributed by atoms with Gasteiger partial charge >= 0.3 is 0 Å². The van der Waals surface area contributed by atoms with Crippen molar-refractivity contribution in [1.82, 2.24) is 30.2 Å². The molecule has 0 saturated carbocycles. The summed E-state index contributed by atoms with van der Waals surface area (Å²) in [7, 11) is 0. The monoisotopic (exact) mass is 766 g/mol. The third-order valence-electron chi connectivity index (χ3n) is 11.1. The van der Waals surface area contributed by atoms with Crippen molar-refractivity contribution in [2.75, 3.05) is 75.4 Å². The molecular weight excluding hydrogens is 717 g/mol. The maximum Gasteiger partial charge on any atom is 0.222 e. The Hall–Kier alpha value is -5.85. The second-order valence-corrected chi connectivity index (χ2v) is 15.2. The summed E-state index contributed by atoms with van der Waals surface area (Å²) in [4.78, 5) is 38.5. The number of aryl methyl sites for hydroxylation is 2. The lowest BCUT2D eigenvalue weighted by atomic mass is 9.96. The molecule has 3 N–H and O–H groups in total. The molecule has 1 amide bonds. The van der Waals surface area contributed by atoms with Gasteiger partial charge in [0.05, 0.1) is 22.2 Å². The number of carbonyl (C=O) groups is 1. The molecule has 6 aromatic rings. The Morgan fingerprint density at radius 1 is 0.667 bits per heavy atom. The third kappa shape index (κ3) is 8.62. The largest absolute Gasteiger partial charge is 0.507 e. The topological polar surface area (TPSA) is 140 Å². The number of aromatic nitrogens is 4. The summed E-state index contributed by atoms with van der Waals surface area (Å²) >= 11 is 0. The molecule has 0 spiro atoms. The second kappa shape index (κ2) is 17.1. The SMILES string of the molecule is Cc1ccc2c(N3CCN(C(=O)CC4CCOCC4)CC3)nc(-c3ccccc3O)nc2c1.Cc1ccc2c(N3CCNCC3)nc(-c3ccccc3O)nc2c1. The summed E-state index contributed by atoms with van der Waals surface area (Å²) in [5, 5.41) is 26.0. The molecule has 0 atom stereocenters. The molecule has 5 heterocycles. The number of ether oxygens (including phenoxy) is 1. The molecule has 0 bridgehead atoms.